The molecule has 2 aliphatic heterocycles. The van der Waals surface area contributed by atoms with E-state index in [1.54, 1.807) is 12.1 Å². The Morgan fingerprint density at radius 3 is 2.08 bits per heavy atom. The van der Waals surface area contributed by atoms with Crippen LogP contribution in [-0.4, -0.2) is 45.0 Å². The number of amides is 4. The third kappa shape index (κ3) is 3.55. The van der Waals surface area contributed by atoms with Gasteiger partial charge in [0.2, 0.25) is 10.0 Å². The van der Waals surface area contributed by atoms with E-state index < -0.39 is 33.4 Å². The van der Waals surface area contributed by atoms with Crippen LogP contribution in [-0.2, 0) is 10.0 Å². The van der Waals surface area contributed by atoms with E-state index in [9.17, 15) is 18.0 Å². The summed E-state index contributed by atoms with van der Waals surface area (Å²) < 4.78 is 23.2. The van der Waals surface area contributed by atoms with Gasteiger partial charge in [-0.15, -0.1) is 0 Å². The first kappa shape index (κ1) is 20.1. The van der Waals surface area contributed by atoms with E-state index in [0.29, 0.717) is 13.3 Å². The van der Waals surface area contributed by atoms with Gasteiger partial charge in [0.05, 0.1) is 4.90 Å². The van der Waals surface area contributed by atoms with Crippen molar-refractivity contribution in [3.8, 4) is 0 Å². The Morgan fingerprint density at radius 2 is 1.64 bits per heavy atom. The predicted octanol–water partition coefficient (Wildman–Crippen LogP) is 2.07. The normalized spacial score (nSPS) is 25.5. The van der Waals surface area contributed by atoms with Crippen molar-refractivity contribution in [2.24, 2.45) is 5.14 Å². The van der Waals surface area contributed by atoms with Crippen LogP contribution in [0.4, 0.5) is 9.59 Å². The summed E-state index contributed by atoms with van der Waals surface area (Å²) in [4.78, 5) is 22.5. The molecule has 2 aliphatic rings. The first-order valence-electron chi connectivity index (χ1n) is 6.40. The lowest BCUT2D eigenvalue weighted by Crippen LogP contribution is -2.48. The van der Waals surface area contributed by atoms with Crippen molar-refractivity contribution in [3.63, 3.8) is 0 Å². The van der Waals surface area contributed by atoms with Crippen LogP contribution >= 0.6 is 46.9 Å². The topological polar surface area (TPSA) is 116 Å². The van der Waals surface area contributed by atoms with Gasteiger partial charge in [-0.2, -0.15) is 8.84 Å². The number of halogens is 4. The maximum Gasteiger partial charge on any atom is 0.354 e. The number of nitrogens with zero attached hydrogens (tertiary/aromatic N) is 3. The lowest BCUT2D eigenvalue weighted by Gasteiger charge is -2.26. The summed E-state index contributed by atoms with van der Waals surface area (Å²) in [6.07, 6.45) is -0.999. The highest BCUT2D eigenvalue weighted by Gasteiger charge is 2.66. The molecule has 3 rings (SSSR count). The number of aryl methyl sites for hydroxylation is 1. The number of carbonyl (C=O) groups is 2. The summed E-state index contributed by atoms with van der Waals surface area (Å²) in [6, 6.07) is 4.95. The number of nitrogens with one attached hydrogen (secondary N) is 1. The molecule has 4 amide bonds. The standard InChI is InChI=1S/C7H9NO2S.C4H2Cl4N4O2/c1-6-2-4-7(5-3-6)11(8,9)10;5-4-1(9-2(13)11(4)7)10(6)3(14)12(4)8/h2-5H,1H3,(H2,8,9,10);1H,(H,9,13). The lowest BCUT2D eigenvalue weighted by molar-refractivity contribution is 0.196. The Hall–Kier alpha value is -1.17. The molecule has 0 aromatic heterocycles. The van der Waals surface area contributed by atoms with Crippen molar-refractivity contribution in [2.45, 2.75) is 23.1 Å². The largest absolute Gasteiger partial charge is 0.354 e. The number of carbonyl (C=O) groups excluding carboxylic acids is 2. The molecule has 9 nitrogen and oxygen atoms in total. The van der Waals surface area contributed by atoms with Crippen molar-refractivity contribution in [1.82, 2.24) is 18.6 Å². The molecule has 2 saturated heterocycles. The zero-order valence-electron chi connectivity index (χ0n) is 12.4. The summed E-state index contributed by atoms with van der Waals surface area (Å²) in [5.41, 5.74) is 1.01. The molecule has 0 saturated carbocycles. The van der Waals surface area contributed by atoms with E-state index in [0.717, 1.165) is 5.56 Å². The average Bonchev–Trinajstić information content (AvgIpc) is 2.86. The monoisotopic (exact) mass is 449 g/mol. The molecule has 1 aromatic carbocycles. The van der Waals surface area contributed by atoms with Gasteiger partial charge in [0.1, 0.15) is 0 Å². The van der Waals surface area contributed by atoms with Gasteiger partial charge in [0, 0.05) is 35.3 Å². The molecule has 0 bridgehead atoms. The maximum absolute atomic E-state index is 11.2. The molecule has 1 aromatic rings. The number of benzene rings is 1. The number of hydrogen-bond donors (Lipinski definition) is 2. The van der Waals surface area contributed by atoms with Crippen LogP contribution in [0.2, 0.25) is 0 Å². The fourth-order valence-corrected chi connectivity index (χ4v) is 3.63. The second kappa shape index (κ2) is 6.86. The van der Waals surface area contributed by atoms with Crippen LogP contribution < -0.4 is 10.5 Å². The van der Waals surface area contributed by atoms with Gasteiger partial charge in [0.15, 0.2) is 6.17 Å². The Bertz CT molecular complexity index is 807. The van der Waals surface area contributed by atoms with Gasteiger partial charge in [0.25, 0.3) is 5.12 Å². The van der Waals surface area contributed by atoms with Crippen LogP contribution in [0.1, 0.15) is 5.56 Å². The minimum atomic E-state index is -3.52. The van der Waals surface area contributed by atoms with Crippen molar-refractivity contribution in [1.29, 1.82) is 0 Å². The number of primary sulfonamides is 1. The number of urea groups is 2. The third-order valence-electron chi connectivity index (χ3n) is 3.26. The number of rotatable bonds is 1. The molecule has 2 unspecified atom stereocenters. The van der Waals surface area contributed by atoms with Crippen LogP contribution in [0.3, 0.4) is 0 Å². The number of hydrogen-bond acceptors (Lipinski definition) is 4. The van der Waals surface area contributed by atoms with E-state index in [2.05, 4.69) is 5.32 Å². The predicted molar refractivity (Wildman–Crippen MR) is 91.9 cm³/mol. The van der Waals surface area contributed by atoms with Gasteiger partial charge in [-0.1, -0.05) is 29.3 Å². The lowest BCUT2D eigenvalue weighted by atomic mass is 10.2. The SMILES string of the molecule is Cc1ccc(S(N)(=O)=O)cc1.O=C1NC2N(Cl)C(=O)N(Cl)C2(Cl)N1Cl. The number of alkyl halides is 1. The Morgan fingerprint density at radius 1 is 1.12 bits per heavy atom. The van der Waals surface area contributed by atoms with E-state index in [1.165, 1.54) is 12.1 Å². The van der Waals surface area contributed by atoms with Crippen molar-refractivity contribution < 1.29 is 18.0 Å². The van der Waals surface area contributed by atoms with Crippen LogP contribution in [0.25, 0.3) is 0 Å². The number of fused-ring (bicyclic) bond motifs is 1. The van der Waals surface area contributed by atoms with Gasteiger partial charge < -0.3 is 5.32 Å². The zero-order valence-corrected chi connectivity index (χ0v) is 16.2. The van der Waals surface area contributed by atoms with Gasteiger partial charge in [-0.25, -0.2) is 27.6 Å². The van der Waals surface area contributed by atoms with E-state index in [4.69, 9.17) is 52.1 Å². The summed E-state index contributed by atoms with van der Waals surface area (Å²) in [6.45, 7) is 1.88. The molecular formula is C11H11Cl4N5O4S. The summed E-state index contributed by atoms with van der Waals surface area (Å²) in [7, 11) is -3.52. The molecule has 2 fully saturated rings. The molecule has 0 aliphatic carbocycles. The molecule has 25 heavy (non-hydrogen) atoms. The van der Waals surface area contributed by atoms with Gasteiger partial charge >= 0.3 is 12.1 Å². The average molecular weight is 451 g/mol. The molecule has 2 atom stereocenters. The van der Waals surface area contributed by atoms with Gasteiger partial charge in [-0.3, -0.25) is 0 Å². The number of sulfonamides is 1. The second-order valence-electron chi connectivity index (χ2n) is 5.00. The summed E-state index contributed by atoms with van der Waals surface area (Å²) >= 11 is 22.6. The molecule has 0 radical (unpaired) electrons. The van der Waals surface area contributed by atoms with Crippen LogP contribution in [0.5, 0.6) is 0 Å². The highest BCUT2D eigenvalue weighted by molar-refractivity contribution is 7.89. The summed E-state index contributed by atoms with van der Waals surface area (Å²) in [5, 5.41) is 5.46. The highest BCUT2D eigenvalue weighted by atomic mass is 35.5. The van der Waals surface area contributed by atoms with Crippen molar-refractivity contribution >= 4 is 69.0 Å². The van der Waals surface area contributed by atoms with Crippen molar-refractivity contribution in [3.05, 3.63) is 29.8 Å². The Kier molecular flexibility index (Phi) is 5.53. The molecular weight excluding hydrogens is 440 g/mol. The molecule has 14 heteroatoms. The van der Waals surface area contributed by atoms with Crippen molar-refractivity contribution in [2.75, 3.05) is 0 Å². The first-order chi connectivity index (χ1) is 11.4. The quantitative estimate of drug-likeness (QED) is 0.387. The van der Waals surface area contributed by atoms with E-state index in [-0.39, 0.29) is 4.90 Å². The second-order valence-corrected chi connectivity index (χ2v) is 8.16. The molecule has 0 spiro atoms. The summed E-state index contributed by atoms with van der Waals surface area (Å²) in [5.74, 6) is 0. The third-order valence-corrected chi connectivity index (χ3v) is 6.06. The Labute approximate surface area is 163 Å². The fourth-order valence-electron chi connectivity index (χ4n) is 1.96. The molecule has 138 valence electrons. The fraction of sp³-hybridized carbons (Fsp3) is 0.273. The van der Waals surface area contributed by atoms with E-state index in [1.807, 2.05) is 6.92 Å². The Balaban J connectivity index is 0.000000186. The van der Waals surface area contributed by atoms with Crippen LogP contribution in [0, 0.1) is 6.92 Å². The highest BCUT2D eigenvalue weighted by Crippen LogP contribution is 2.45. The zero-order chi connectivity index (χ0) is 19.2. The smallest absolute Gasteiger partial charge is 0.310 e. The molecule has 3 N–H and O–H groups in total. The minimum Gasteiger partial charge on any atom is -0.310 e. The van der Waals surface area contributed by atoms with Gasteiger partial charge in [-0.05, 0) is 19.1 Å². The van der Waals surface area contributed by atoms with E-state index >= 15 is 0 Å². The maximum atomic E-state index is 11.2. The first-order valence-corrected chi connectivity index (χ1v) is 9.34. The molecule has 2 heterocycles. The minimum absolute atomic E-state index is 0.156. The van der Waals surface area contributed by atoms with Crippen LogP contribution in [0.15, 0.2) is 29.2 Å². The number of nitrogens with two attached hydrogens (primary N) is 1.